The number of hydrogen-bond acceptors (Lipinski definition) is 4. The van der Waals surface area contributed by atoms with Gasteiger partial charge in [-0.15, -0.1) is 0 Å². The highest BCUT2D eigenvalue weighted by Crippen LogP contribution is 2.25. The van der Waals surface area contributed by atoms with E-state index >= 15 is 0 Å². The van der Waals surface area contributed by atoms with E-state index in [1.54, 1.807) is 0 Å². The summed E-state index contributed by atoms with van der Waals surface area (Å²) >= 11 is 0. The molecule has 1 aromatic carbocycles. The SMILES string of the molecule is COC1CCCN(S(=O)(=O)c2cc(F)ccc2C(=O)O)C1. The van der Waals surface area contributed by atoms with Crippen molar-refractivity contribution in [3.8, 4) is 0 Å². The van der Waals surface area contributed by atoms with Gasteiger partial charge in [0.2, 0.25) is 10.0 Å². The molecule has 1 unspecified atom stereocenters. The zero-order valence-electron chi connectivity index (χ0n) is 11.5. The molecule has 6 nitrogen and oxygen atoms in total. The molecule has 0 amide bonds. The summed E-state index contributed by atoms with van der Waals surface area (Å²) in [5.74, 6) is -2.20. The second-order valence-corrected chi connectivity index (χ2v) is 6.71. The molecule has 0 aromatic heterocycles. The van der Waals surface area contributed by atoms with Crippen molar-refractivity contribution in [3.05, 3.63) is 29.6 Å². The van der Waals surface area contributed by atoms with Crippen LogP contribution in [0.1, 0.15) is 23.2 Å². The number of hydrogen-bond donors (Lipinski definition) is 1. The number of carbonyl (C=O) groups is 1. The molecule has 1 aromatic rings. The topological polar surface area (TPSA) is 83.9 Å². The van der Waals surface area contributed by atoms with Gasteiger partial charge in [0, 0.05) is 20.2 Å². The molecule has 0 aliphatic carbocycles. The summed E-state index contributed by atoms with van der Waals surface area (Å²) in [5, 5.41) is 9.09. The minimum atomic E-state index is -4.07. The minimum absolute atomic E-state index is 0.133. The summed E-state index contributed by atoms with van der Waals surface area (Å²) < 4.78 is 44.8. The van der Waals surface area contributed by atoms with Gasteiger partial charge in [0.05, 0.1) is 16.6 Å². The molecule has 1 fully saturated rings. The fraction of sp³-hybridized carbons (Fsp3) is 0.462. The zero-order valence-corrected chi connectivity index (χ0v) is 12.3. The Bertz CT molecular complexity index is 646. The summed E-state index contributed by atoms with van der Waals surface area (Å²) in [7, 11) is -2.58. The first-order valence-electron chi connectivity index (χ1n) is 6.42. The number of benzene rings is 1. The van der Waals surface area contributed by atoms with Crippen LogP contribution in [0.15, 0.2) is 23.1 Å². The first-order chi connectivity index (χ1) is 9.86. The van der Waals surface area contributed by atoms with Crippen LogP contribution in [0.3, 0.4) is 0 Å². The smallest absolute Gasteiger partial charge is 0.337 e. The van der Waals surface area contributed by atoms with Gasteiger partial charge in [-0.2, -0.15) is 4.31 Å². The summed E-state index contributed by atoms with van der Waals surface area (Å²) in [4.78, 5) is 10.6. The van der Waals surface area contributed by atoms with E-state index in [-0.39, 0.29) is 19.2 Å². The van der Waals surface area contributed by atoms with Gasteiger partial charge in [-0.1, -0.05) is 0 Å². The fourth-order valence-corrected chi connectivity index (χ4v) is 4.05. The number of carboxylic acids is 1. The normalized spacial score (nSPS) is 20.4. The molecule has 1 aliphatic heterocycles. The number of methoxy groups -OCH3 is 1. The molecule has 0 radical (unpaired) electrons. The van der Waals surface area contributed by atoms with Crippen LogP contribution in [0, 0.1) is 5.82 Å². The first-order valence-corrected chi connectivity index (χ1v) is 7.86. The van der Waals surface area contributed by atoms with Crippen molar-refractivity contribution in [1.82, 2.24) is 4.31 Å². The number of aromatic carboxylic acids is 1. The van der Waals surface area contributed by atoms with Crippen molar-refractivity contribution in [3.63, 3.8) is 0 Å². The van der Waals surface area contributed by atoms with Crippen molar-refractivity contribution in [1.29, 1.82) is 0 Å². The lowest BCUT2D eigenvalue weighted by Crippen LogP contribution is -2.43. The first kappa shape index (κ1) is 15.9. The molecule has 116 valence electrons. The van der Waals surface area contributed by atoms with Crippen LogP contribution >= 0.6 is 0 Å². The maximum Gasteiger partial charge on any atom is 0.337 e. The van der Waals surface area contributed by atoms with Crippen molar-refractivity contribution in [2.75, 3.05) is 20.2 Å². The zero-order chi connectivity index (χ0) is 15.6. The number of halogens is 1. The van der Waals surface area contributed by atoms with Crippen LogP contribution in [0.5, 0.6) is 0 Å². The average molecular weight is 317 g/mol. The molecule has 1 N–H and O–H groups in total. The van der Waals surface area contributed by atoms with Crippen molar-refractivity contribution in [2.24, 2.45) is 0 Å². The number of ether oxygens (including phenoxy) is 1. The van der Waals surface area contributed by atoms with E-state index in [4.69, 9.17) is 9.84 Å². The highest BCUT2D eigenvalue weighted by atomic mass is 32.2. The maximum absolute atomic E-state index is 13.4. The van der Waals surface area contributed by atoms with Crippen LogP contribution < -0.4 is 0 Å². The molecule has 1 heterocycles. The van der Waals surface area contributed by atoms with Gasteiger partial charge >= 0.3 is 5.97 Å². The number of nitrogens with zero attached hydrogens (tertiary/aromatic N) is 1. The van der Waals surface area contributed by atoms with E-state index in [9.17, 15) is 17.6 Å². The molecule has 21 heavy (non-hydrogen) atoms. The molecule has 8 heteroatoms. The maximum atomic E-state index is 13.4. The third kappa shape index (κ3) is 3.22. The highest BCUT2D eigenvalue weighted by molar-refractivity contribution is 7.89. The second-order valence-electron chi connectivity index (χ2n) is 4.81. The summed E-state index contributed by atoms with van der Waals surface area (Å²) in [6, 6.07) is 2.63. The second kappa shape index (κ2) is 6.08. The quantitative estimate of drug-likeness (QED) is 0.905. The lowest BCUT2D eigenvalue weighted by molar-refractivity contribution is 0.0571. The van der Waals surface area contributed by atoms with Gasteiger partial charge in [0.1, 0.15) is 5.82 Å². The highest BCUT2D eigenvalue weighted by Gasteiger charge is 2.33. The third-order valence-electron chi connectivity index (χ3n) is 3.47. The van der Waals surface area contributed by atoms with Crippen molar-refractivity contribution < 1.29 is 27.4 Å². The van der Waals surface area contributed by atoms with Crippen LogP contribution in [-0.4, -0.2) is 50.1 Å². The molecule has 0 spiro atoms. The van der Waals surface area contributed by atoms with E-state index < -0.39 is 32.3 Å². The Balaban J connectivity index is 2.44. The molecule has 2 rings (SSSR count). The van der Waals surface area contributed by atoms with E-state index in [0.29, 0.717) is 6.42 Å². The van der Waals surface area contributed by atoms with Crippen molar-refractivity contribution in [2.45, 2.75) is 23.8 Å². The summed E-state index contributed by atoms with van der Waals surface area (Å²) in [5.41, 5.74) is -0.434. The van der Waals surface area contributed by atoms with Crippen LogP contribution in [0.25, 0.3) is 0 Å². The molecule has 0 bridgehead atoms. The van der Waals surface area contributed by atoms with E-state index in [1.807, 2.05) is 0 Å². The average Bonchev–Trinajstić information content (AvgIpc) is 2.46. The summed E-state index contributed by atoms with van der Waals surface area (Å²) in [6.45, 7) is 0.395. The Morgan fingerprint density at radius 1 is 1.48 bits per heavy atom. The van der Waals surface area contributed by atoms with E-state index in [0.717, 1.165) is 28.9 Å². The minimum Gasteiger partial charge on any atom is -0.478 e. The lowest BCUT2D eigenvalue weighted by Gasteiger charge is -2.31. The standard InChI is InChI=1S/C13H16FNO5S/c1-20-10-3-2-6-15(8-10)21(18,19)12-7-9(14)4-5-11(12)13(16)17/h4-5,7,10H,2-3,6,8H2,1H3,(H,16,17). The van der Waals surface area contributed by atoms with Gasteiger partial charge in [-0.25, -0.2) is 17.6 Å². The Kier molecular flexibility index (Phi) is 4.60. The fourth-order valence-electron chi connectivity index (χ4n) is 2.34. The van der Waals surface area contributed by atoms with E-state index in [2.05, 4.69) is 0 Å². The molecule has 1 atom stereocenters. The third-order valence-corrected chi connectivity index (χ3v) is 5.37. The van der Waals surface area contributed by atoms with Crippen LogP contribution in [-0.2, 0) is 14.8 Å². The van der Waals surface area contributed by atoms with Gasteiger partial charge in [-0.3, -0.25) is 0 Å². The van der Waals surface area contributed by atoms with Crippen LogP contribution in [0.4, 0.5) is 4.39 Å². The molecule has 1 aliphatic rings. The van der Waals surface area contributed by atoms with E-state index in [1.165, 1.54) is 7.11 Å². The van der Waals surface area contributed by atoms with Crippen LogP contribution in [0.2, 0.25) is 0 Å². The monoisotopic (exact) mass is 317 g/mol. The predicted octanol–water partition coefficient (Wildman–Crippen LogP) is 1.32. The Hall–Kier alpha value is -1.51. The number of carboxylic acid groups (broad SMARTS) is 1. The summed E-state index contributed by atoms with van der Waals surface area (Å²) in [6.07, 6.45) is 1.10. The molecule has 0 saturated carbocycles. The Labute approximate surface area is 122 Å². The van der Waals surface area contributed by atoms with Gasteiger partial charge < -0.3 is 9.84 Å². The largest absolute Gasteiger partial charge is 0.478 e. The molecular weight excluding hydrogens is 301 g/mol. The lowest BCUT2D eigenvalue weighted by atomic mass is 10.1. The predicted molar refractivity (Wildman–Crippen MR) is 72.1 cm³/mol. The Morgan fingerprint density at radius 3 is 2.81 bits per heavy atom. The van der Waals surface area contributed by atoms with Gasteiger partial charge in [-0.05, 0) is 31.0 Å². The van der Waals surface area contributed by atoms with Gasteiger partial charge in [0.25, 0.3) is 0 Å². The number of piperidine rings is 1. The van der Waals surface area contributed by atoms with Crippen molar-refractivity contribution >= 4 is 16.0 Å². The molecule has 1 saturated heterocycles. The number of sulfonamides is 1. The van der Waals surface area contributed by atoms with Gasteiger partial charge in [0.15, 0.2) is 0 Å². The Morgan fingerprint density at radius 2 is 2.19 bits per heavy atom. The molecular formula is C13H16FNO5S. The number of rotatable bonds is 4.